The summed E-state index contributed by atoms with van der Waals surface area (Å²) in [7, 11) is 2.02. The van der Waals surface area contributed by atoms with Crippen LogP contribution in [-0.4, -0.2) is 64.3 Å². The van der Waals surface area contributed by atoms with E-state index >= 15 is 0 Å². The summed E-state index contributed by atoms with van der Waals surface area (Å²) in [5.41, 5.74) is 4.24. The minimum atomic E-state index is 0.120. The number of hydrogen-bond acceptors (Lipinski definition) is 4. The molecule has 196 valence electrons. The van der Waals surface area contributed by atoms with Gasteiger partial charge in [-0.25, -0.2) is 0 Å². The molecule has 1 aromatic heterocycles. The van der Waals surface area contributed by atoms with Gasteiger partial charge in [0.25, 0.3) is 5.91 Å². The lowest BCUT2D eigenvalue weighted by atomic mass is 9.82. The van der Waals surface area contributed by atoms with Gasteiger partial charge in [0.2, 0.25) is 0 Å². The number of carbonyl (C=O) groups excluding carboxylic acids is 1. The van der Waals surface area contributed by atoms with Crippen molar-refractivity contribution in [3.63, 3.8) is 0 Å². The predicted molar refractivity (Wildman–Crippen MR) is 153 cm³/mol. The highest BCUT2D eigenvalue weighted by Gasteiger charge is 2.39. The molecule has 7 heteroatoms. The third-order valence-corrected chi connectivity index (χ3v) is 8.89. The van der Waals surface area contributed by atoms with Gasteiger partial charge in [-0.15, -0.1) is 0 Å². The maximum Gasteiger partial charge on any atom is 0.254 e. The smallest absolute Gasteiger partial charge is 0.254 e. The molecule has 0 spiro atoms. The molecule has 6 nitrogen and oxygen atoms in total. The van der Waals surface area contributed by atoms with Crippen molar-refractivity contribution in [3.05, 3.63) is 70.3 Å². The van der Waals surface area contributed by atoms with E-state index in [0.717, 1.165) is 84.1 Å². The zero-order valence-corrected chi connectivity index (χ0v) is 23.7. The first-order valence-electron chi connectivity index (χ1n) is 13.4. The zero-order valence-electron chi connectivity index (χ0n) is 22.1. The van der Waals surface area contributed by atoms with Crippen molar-refractivity contribution in [1.82, 2.24) is 14.4 Å². The molecule has 2 aromatic carbocycles. The first-order valence-corrected chi connectivity index (χ1v) is 14.2. The second kappa shape index (κ2) is 11.0. The number of fused-ring (bicyclic) bond motifs is 1. The molecule has 1 amide bonds. The van der Waals surface area contributed by atoms with Crippen LogP contribution in [0.2, 0.25) is 0 Å². The lowest BCUT2D eigenvalue weighted by Crippen LogP contribution is -2.56. The number of oxime groups is 1. The number of hydrogen-bond donors (Lipinski definition) is 0. The van der Waals surface area contributed by atoms with Crippen LogP contribution in [0.15, 0.2) is 64.4 Å². The Balaban J connectivity index is 1.21. The fourth-order valence-corrected chi connectivity index (χ4v) is 6.24. The van der Waals surface area contributed by atoms with E-state index in [0.29, 0.717) is 12.5 Å². The maximum atomic E-state index is 13.4. The highest BCUT2D eigenvalue weighted by Crippen LogP contribution is 2.34. The van der Waals surface area contributed by atoms with Crippen molar-refractivity contribution < 1.29 is 9.63 Å². The molecule has 0 atom stereocenters. The van der Waals surface area contributed by atoms with Crippen molar-refractivity contribution >= 4 is 38.5 Å². The number of benzene rings is 2. The van der Waals surface area contributed by atoms with Crippen molar-refractivity contribution in [2.24, 2.45) is 18.1 Å². The molecule has 0 bridgehead atoms. The average molecular weight is 566 g/mol. The number of carbonyl (C=O) groups is 1. The van der Waals surface area contributed by atoms with E-state index in [1.807, 2.05) is 32.3 Å². The van der Waals surface area contributed by atoms with E-state index in [2.05, 4.69) is 78.8 Å². The topological polar surface area (TPSA) is 50.1 Å². The number of likely N-dealkylation sites (tertiary alicyclic amines) is 2. The first kappa shape index (κ1) is 26.0. The van der Waals surface area contributed by atoms with Gasteiger partial charge in [0.15, 0.2) is 0 Å². The van der Waals surface area contributed by atoms with Gasteiger partial charge in [0, 0.05) is 58.7 Å². The molecule has 3 heterocycles. The summed E-state index contributed by atoms with van der Waals surface area (Å²) in [5.74, 6) is 0.546. The van der Waals surface area contributed by atoms with Gasteiger partial charge in [-0.05, 0) is 88.5 Å². The van der Waals surface area contributed by atoms with Crippen LogP contribution in [0.4, 0.5) is 0 Å². The van der Waals surface area contributed by atoms with Gasteiger partial charge in [0.1, 0.15) is 6.61 Å². The summed E-state index contributed by atoms with van der Waals surface area (Å²) in [6.07, 6.45) is 6.16. The fraction of sp³-hybridized carbons (Fsp3) is 0.467. The monoisotopic (exact) mass is 564 g/mol. The number of aromatic nitrogens is 1. The number of rotatable bonds is 6. The van der Waals surface area contributed by atoms with Gasteiger partial charge in [0.05, 0.1) is 5.71 Å². The Bertz CT molecular complexity index is 1270. The van der Waals surface area contributed by atoms with Gasteiger partial charge >= 0.3 is 0 Å². The Hall–Kier alpha value is -2.64. The average Bonchev–Trinajstić information content (AvgIpc) is 3.31. The van der Waals surface area contributed by atoms with E-state index in [9.17, 15) is 4.79 Å². The number of nitrogens with zero attached hydrogens (tertiary/aromatic N) is 4. The summed E-state index contributed by atoms with van der Waals surface area (Å²) >= 11 is 3.54. The second-order valence-electron chi connectivity index (χ2n) is 10.6. The summed E-state index contributed by atoms with van der Waals surface area (Å²) < 4.78 is 3.14. The van der Waals surface area contributed by atoms with Crippen LogP contribution in [0.25, 0.3) is 10.9 Å². The molecule has 3 aromatic rings. The lowest BCUT2D eigenvalue weighted by molar-refractivity contribution is 0.0162. The first-order chi connectivity index (χ1) is 17.9. The standard InChI is InChI=1S/C30H37BrN4O2/c1-4-37-32-28(22-8-10-24(31)11-9-22)23-12-18-35(19-13-23)30(2)15-20-34(21-16-30)29(36)26-6-5-7-27-25(26)14-17-33(27)3/h5-11,14,17,23H,4,12-13,15-16,18-21H2,1-3H3. The summed E-state index contributed by atoms with van der Waals surface area (Å²) in [6, 6.07) is 16.5. The molecule has 2 fully saturated rings. The van der Waals surface area contributed by atoms with Gasteiger partial charge in [-0.3, -0.25) is 9.69 Å². The van der Waals surface area contributed by atoms with Crippen molar-refractivity contribution in [2.45, 2.75) is 45.1 Å². The fourth-order valence-electron chi connectivity index (χ4n) is 5.98. The second-order valence-corrected chi connectivity index (χ2v) is 11.5. The van der Waals surface area contributed by atoms with Crippen LogP contribution in [0.1, 0.15) is 55.5 Å². The molecule has 5 rings (SSSR count). The molecule has 0 radical (unpaired) electrons. The van der Waals surface area contributed by atoms with Crippen LogP contribution in [0.3, 0.4) is 0 Å². The van der Waals surface area contributed by atoms with Crippen LogP contribution < -0.4 is 0 Å². The molecular formula is C30H37BrN4O2. The maximum absolute atomic E-state index is 13.4. The van der Waals surface area contributed by atoms with Crippen LogP contribution in [0, 0.1) is 5.92 Å². The highest BCUT2D eigenvalue weighted by molar-refractivity contribution is 9.10. The van der Waals surface area contributed by atoms with Gasteiger partial charge in [-0.1, -0.05) is 39.3 Å². The minimum absolute atomic E-state index is 0.120. The van der Waals surface area contributed by atoms with Crippen LogP contribution in [0.5, 0.6) is 0 Å². The highest BCUT2D eigenvalue weighted by atomic mass is 79.9. The Morgan fingerprint density at radius 2 is 1.76 bits per heavy atom. The third kappa shape index (κ3) is 5.34. The van der Waals surface area contributed by atoms with Crippen molar-refractivity contribution in [2.75, 3.05) is 32.8 Å². The van der Waals surface area contributed by atoms with Crippen molar-refractivity contribution in [3.8, 4) is 0 Å². The molecule has 0 saturated carbocycles. The van der Waals surface area contributed by atoms with Crippen LogP contribution >= 0.6 is 15.9 Å². The molecule has 0 aliphatic carbocycles. The number of amides is 1. The number of aryl methyl sites for hydroxylation is 1. The Kier molecular flexibility index (Phi) is 7.72. The summed E-state index contributed by atoms with van der Waals surface area (Å²) in [5, 5.41) is 5.58. The largest absolute Gasteiger partial charge is 0.396 e. The summed E-state index contributed by atoms with van der Waals surface area (Å²) in [4.78, 5) is 23.7. The zero-order chi connectivity index (χ0) is 26.0. The minimum Gasteiger partial charge on any atom is -0.396 e. The van der Waals surface area contributed by atoms with E-state index in [1.54, 1.807) is 0 Å². The van der Waals surface area contributed by atoms with Gasteiger partial charge in [-0.2, -0.15) is 0 Å². The summed E-state index contributed by atoms with van der Waals surface area (Å²) in [6.45, 7) is 8.62. The Morgan fingerprint density at radius 3 is 2.43 bits per heavy atom. The number of halogens is 1. The van der Waals surface area contributed by atoms with Crippen molar-refractivity contribution in [1.29, 1.82) is 0 Å². The molecule has 0 unspecified atom stereocenters. The van der Waals surface area contributed by atoms with E-state index in [4.69, 9.17) is 4.84 Å². The Morgan fingerprint density at radius 1 is 1.05 bits per heavy atom. The lowest BCUT2D eigenvalue weighted by Gasteiger charge is -2.49. The molecular weight excluding hydrogens is 528 g/mol. The quantitative estimate of drug-likeness (QED) is 0.269. The molecule has 37 heavy (non-hydrogen) atoms. The Labute approximate surface area is 228 Å². The van der Waals surface area contributed by atoms with E-state index in [-0.39, 0.29) is 11.4 Å². The SMILES string of the molecule is CCON=C(c1ccc(Br)cc1)C1CCN(C2(C)CCN(C(=O)c3cccc4c3ccn4C)CC2)CC1. The van der Waals surface area contributed by atoms with Crippen LogP contribution in [-0.2, 0) is 11.9 Å². The van der Waals surface area contributed by atoms with Gasteiger partial charge < -0.3 is 14.3 Å². The van der Waals surface area contributed by atoms with E-state index in [1.165, 1.54) is 0 Å². The van der Waals surface area contributed by atoms with E-state index < -0.39 is 0 Å². The molecule has 2 aliphatic rings. The predicted octanol–water partition coefficient (Wildman–Crippen LogP) is 6.09. The molecule has 2 aliphatic heterocycles. The molecule has 0 N–H and O–H groups in total. The third-order valence-electron chi connectivity index (χ3n) is 8.36. The molecule has 2 saturated heterocycles. The number of piperidine rings is 2. The normalized spacial score (nSPS) is 19.4.